The van der Waals surface area contributed by atoms with Crippen molar-refractivity contribution in [3.63, 3.8) is 0 Å². The number of urea groups is 2. The topological polar surface area (TPSA) is 134 Å². The highest BCUT2D eigenvalue weighted by Gasteiger charge is 2.00. The van der Waals surface area contributed by atoms with E-state index in [1.807, 2.05) is 0 Å². The second kappa shape index (κ2) is 9.25. The van der Waals surface area contributed by atoms with Crippen LogP contribution in [0.1, 0.15) is 19.3 Å². The lowest BCUT2D eigenvalue weighted by Gasteiger charge is -2.07. The summed E-state index contributed by atoms with van der Waals surface area (Å²) in [6.45, 7) is 0.966. The van der Waals surface area contributed by atoms with Gasteiger partial charge in [-0.2, -0.15) is 0 Å². The summed E-state index contributed by atoms with van der Waals surface area (Å²) in [6.07, 6.45) is 1.24. The molecule has 0 atom stereocenters. The summed E-state index contributed by atoms with van der Waals surface area (Å²) in [5.41, 5.74) is 4.82. The van der Waals surface area contributed by atoms with E-state index in [-0.39, 0.29) is 25.5 Å². The van der Waals surface area contributed by atoms with Crippen LogP contribution in [0.4, 0.5) is 9.59 Å². The molecule has 4 amide bonds. The third-order valence-corrected chi connectivity index (χ3v) is 1.81. The molecule has 0 aliphatic carbocycles. The molecule has 0 heterocycles. The van der Waals surface area contributed by atoms with E-state index >= 15 is 0 Å². The van der Waals surface area contributed by atoms with Gasteiger partial charge in [-0.3, -0.25) is 4.79 Å². The predicted molar refractivity (Wildman–Crippen MR) is 60.5 cm³/mol. The van der Waals surface area contributed by atoms with Gasteiger partial charge in [0.25, 0.3) is 0 Å². The summed E-state index contributed by atoms with van der Waals surface area (Å²) in [4.78, 5) is 31.6. The maximum Gasteiger partial charge on any atom is 0.314 e. The minimum atomic E-state index is -0.841. The molecule has 0 aromatic carbocycles. The first-order chi connectivity index (χ1) is 8.02. The Balaban J connectivity index is 3.29. The van der Waals surface area contributed by atoms with Crippen LogP contribution in [-0.2, 0) is 4.79 Å². The molecule has 0 aliphatic heterocycles. The van der Waals surface area contributed by atoms with Crippen LogP contribution < -0.4 is 21.7 Å². The van der Waals surface area contributed by atoms with Crippen molar-refractivity contribution in [1.29, 1.82) is 0 Å². The minimum absolute atomic E-state index is 0.103. The molecule has 0 bridgehead atoms. The largest absolute Gasteiger partial charge is 0.481 e. The summed E-state index contributed by atoms with van der Waals surface area (Å²) in [7, 11) is 0. The van der Waals surface area contributed by atoms with Crippen LogP contribution in [0.2, 0.25) is 0 Å². The molecule has 0 fully saturated rings. The van der Waals surface area contributed by atoms with Crippen molar-refractivity contribution in [2.24, 2.45) is 5.73 Å². The zero-order valence-electron chi connectivity index (χ0n) is 9.49. The lowest BCUT2D eigenvalue weighted by Crippen LogP contribution is -2.41. The van der Waals surface area contributed by atoms with Gasteiger partial charge < -0.3 is 26.8 Å². The number of nitrogens with one attached hydrogen (secondary N) is 3. The highest BCUT2D eigenvalue weighted by molar-refractivity contribution is 5.74. The van der Waals surface area contributed by atoms with Gasteiger partial charge in [-0.15, -0.1) is 0 Å². The number of nitrogens with two attached hydrogens (primary N) is 1. The van der Waals surface area contributed by atoms with Gasteiger partial charge in [0.2, 0.25) is 0 Å². The quantitative estimate of drug-likeness (QED) is 0.359. The Morgan fingerprint density at radius 1 is 0.941 bits per heavy atom. The average Bonchev–Trinajstić information content (AvgIpc) is 2.23. The molecule has 0 saturated carbocycles. The molecule has 0 spiro atoms. The van der Waals surface area contributed by atoms with E-state index in [4.69, 9.17) is 10.8 Å². The van der Waals surface area contributed by atoms with E-state index in [1.165, 1.54) is 0 Å². The molecule has 8 heteroatoms. The van der Waals surface area contributed by atoms with Crippen LogP contribution in [-0.4, -0.2) is 42.8 Å². The number of rotatable bonds is 8. The maximum atomic E-state index is 11.1. The third-order valence-electron chi connectivity index (χ3n) is 1.81. The highest BCUT2D eigenvalue weighted by atomic mass is 16.4. The molecule has 8 nitrogen and oxygen atoms in total. The van der Waals surface area contributed by atoms with Crippen LogP contribution in [0.5, 0.6) is 0 Å². The van der Waals surface area contributed by atoms with Crippen molar-refractivity contribution in [3.05, 3.63) is 0 Å². The number of hydrogen-bond acceptors (Lipinski definition) is 3. The van der Waals surface area contributed by atoms with E-state index in [9.17, 15) is 14.4 Å². The Morgan fingerprint density at radius 3 is 2.12 bits per heavy atom. The Bertz CT molecular complexity index is 270. The summed E-state index contributed by atoms with van der Waals surface area (Å²) in [6, 6.07) is -0.993. The number of hydrogen-bond donors (Lipinski definition) is 5. The molecule has 0 saturated heterocycles. The number of carbonyl (C=O) groups is 3. The first kappa shape index (κ1) is 15.0. The van der Waals surface area contributed by atoms with E-state index in [0.29, 0.717) is 19.4 Å². The number of aliphatic carboxylic acids is 1. The highest BCUT2D eigenvalue weighted by Crippen LogP contribution is 1.92. The molecule has 0 rings (SSSR count). The summed E-state index contributed by atoms with van der Waals surface area (Å²) >= 11 is 0. The van der Waals surface area contributed by atoms with Crippen molar-refractivity contribution in [2.75, 3.05) is 19.6 Å². The summed E-state index contributed by atoms with van der Waals surface area (Å²) < 4.78 is 0. The smallest absolute Gasteiger partial charge is 0.314 e. The van der Waals surface area contributed by atoms with Crippen molar-refractivity contribution in [2.45, 2.75) is 19.3 Å². The Kier molecular flexibility index (Phi) is 8.17. The zero-order valence-corrected chi connectivity index (χ0v) is 9.49. The fraction of sp³-hybridized carbons (Fsp3) is 0.667. The SMILES string of the molecule is NC(=O)NCCNC(=O)NCCCCC(=O)O. The van der Waals surface area contributed by atoms with Gasteiger partial charge in [0.1, 0.15) is 0 Å². The summed E-state index contributed by atoms with van der Waals surface area (Å²) in [5, 5.41) is 15.7. The average molecular weight is 246 g/mol. The van der Waals surface area contributed by atoms with Gasteiger partial charge in [-0.05, 0) is 12.8 Å². The van der Waals surface area contributed by atoms with Crippen molar-refractivity contribution < 1.29 is 19.5 Å². The lowest BCUT2D eigenvalue weighted by atomic mass is 10.2. The molecule has 0 radical (unpaired) electrons. The van der Waals surface area contributed by atoms with Crippen LogP contribution in [0.25, 0.3) is 0 Å². The van der Waals surface area contributed by atoms with E-state index in [1.54, 1.807) is 0 Å². The lowest BCUT2D eigenvalue weighted by molar-refractivity contribution is -0.137. The van der Waals surface area contributed by atoms with Crippen molar-refractivity contribution >= 4 is 18.0 Å². The van der Waals surface area contributed by atoms with Gasteiger partial charge >= 0.3 is 18.0 Å². The molecule has 98 valence electrons. The molecule has 0 aliphatic rings. The standard InChI is InChI=1S/C9H18N4O4/c10-8(16)11-5-6-13-9(17)12-4-2-1-3-7(14)15/h1-6H2,(H,14,15)(H3,10,11,16)(H2,12,13,17). The number of amides is 4. The van der Waals surface area contributed by atoms with Gasteiger partial charge in [0.05, 0.1) is 0 Å². The minimum Gasteiger partial charge on any atom is -0.481 e. The zero-order chi connectivity index (χ0) is 13.1. The monoisotopic (exact) mass is 246 g/mol. The van der Waals surface area contributed by atoms with Gasteiger partial charge in [0, 0.05) is 26.1 Å². The third kappa shape index (κ3) is 11.9. The van der Waals surface area contributed by atoms with Gasteiger partial charge in [-0.25, -0.2) is 9.59 Å². The number of carboxylic acid groups (broad SMARTS) is 1. The van der Waals surface area contributed by atoms with Gasteiger partial charge in [0.15, 0.2) is 0 Å². The van der Waals surface area contributed by atoms with Crippen LogP contribution in [0, 0.1) is 0 Å². The van der Waals surface area contributed by atoms with Crippen LogP contribution in [0.15, 0.2) is 0 Å². The van der Waals surface area contributed by atoms with Crippen LogP contribution in [0.3, 0.4) is 0 Å². The van der Waals surface area contributed by atoms with E-state index in [2.05, 4.69) is 16.0 Å². The van der Waals surface area contributed by atoms with E-state index in [0.717, 1.165) is 0 Å². The fourth-order valence-corrected chi connectivity index (χ4v) is 1.03. The van der Waals surface area contributed by atoms with Crippen LogP contribution >= 0.6 is 0 Å². The predicted octanol–water partition coefficient (Wildman–Crippen LogP) is -0.791. The number of carbonyl (C=O) groups excluding carboxylic acids is 2. The molecule has 17 heavy (non-hydrogen) atoms. The molecular formula is C9H18N4O4. The van der Waals surface area contributed by atoms with Gasteiger partial charge in [-0.1, -0.05) is 0 Å². The molecular weight excluding hydrogens is 228 g/mol. The number of primary amides is 1. The second-order valence-electron chi connectivity index (χ2n) is 3.32. The Hall–Kier alpha value is -1.99. The first-order valence-electron chi connectivity index (χ1n) is 5.29. The van der Waals surface area contributed by atoms with Crippen molar-refractivity contribution in [3.8, 4) is 0 Å². The Morgan fingerprint density at radius 2 is 1.53 bits per heavy atom. The molecule has 0 aromatic rings. The first-order valence-corrected chi connectivity index (χ1v) is 5.29. The normalized spacial score (nSPS) is 9.41. The maximum absolute atomic E-state index is 11.1. The molecule has 0 aromatic heterocycles. The molecule has 0 unspecified atom stereocenters. The van der Waals surface area contributed by atoms with E-state index < -0.39 is 12.0 Å². The van der Waals surface area contributed by atoms with Crippen molar-refractivity contribution in [1.82, 2.24) is 16.0 Å². The molecule has 6 N–H and O–H groups in total. The number of unbranched alkanes of at least 4 members (excludes halogenated alkanes) is 1. The second-order valence-corrected chi connectivity index (χ2v) is 3.32. The Labute approximate surface area is 98.9 Å². The number of carboxylic acids is 1. The fourth-order valence-electron chi connectivity index (χ4n) is 1.03. The summed E-state index contributed by atoms with van der Waals surface area (Å²) in [5.74, 6) is -0.841.